The van der Waals surface area contributed by atoms with Crippen LogP contribution in [0.5, 0.6) is 0 Å². The van der Waals surface area contributed by atoms with Gasteiger partial charge in [-0.15, -0.1) is 0 Å². The highest BCUT2D eigenvalue weighted by atomic mass is 16.4. The van der Waals surface area contributed by atoms with Crippen LogP contribution in [0.2, 0.25) is 0 Å². The molecule has 0 saturated heterocycles. The zero-order valence-electron chi connectivity index (χ0n) is 13.2. The van der Waals surface area contributed by atoms with Gasteiger partial charge in [-0.25, -0.2) is 9.59 Å². The quantitative estimate of drug-likeness (QED) is 0.744. The van der Waals surface area contributed by atoms with Gasteiger partial charge < -0.3 is 15.5 Å². The summed E-state index contributed by atoms with van der Waals surface area (Å²) in [5.74, 6) is -3.01. The van der Waals surface area contributed by atoms with Gasteiger partial charge in [-0.1, -0.05) is 51.0 Å². The molecule has 22 heavy (non-hydrogen) atoms. The second kappa shape index (κ2) is 9.20. The number of hydrogen-bond donors (Lipinski definition) is 3. The molecule has 1 aliphatic carbocycles. The van der Waals surface area contributed by atoms with E-state index in [4.69, 9.17) is 19.8 Å². The molecule has 3 N–H and O–H groups in total. The SMILES string of the molecule is CC(C)c1ccc(CNC2CCCC2)cc1.O=C(O)C(=O)O. The Morgan fingerprint density at radius 1 is 1.09 bits per heavy atom. The van der Waals surface area contributed by atoms with Crippen LogP contribution in [0.15, 0.2) is 24.3 Å². The van der Waals surface area contributed by atoms with Gasteiger partial charge >= 0.3 is 11.9 Å². The number of carboxylic acids is 2. The van der Waals surface area contributed by atoms with Crippen LogP contribution in [-0.2, 0) is 16.1 Å². The first-order chi connectivity index (χ1) is 10.4. The van der Waals surface area contributed by atoms with Crippen LogP contribution in [0.1, 0.15) is 56.6 Å². The molecule has 2 rings (SSSR count). The van der Waals surface area contributed by atoms with E-state index in [0.29, 0.717) is 5.92 Å². The Balaban J connectivity index is 0.000000346. The van der Waals surface area contributed by atoms with E-state index < -0.39 is 11.9 Å². The number of carbonyl (C=O) groups is 2. The predicted molar refractivity (Wildman–Crippen MR) is 84.9 cm³/mol. The van der Waals surface area contributed by atoms with Crippen LogP contribution in [0.25, 0.3) is 0 Å². The molecule has 0 heterocycles. The van der Waals surface area contributed by atoms with Crippen molar-refractivity contribution < 1.29 is 19.8 Å². The maximum atomic E-state index is 9.10. The Morgan fingerprint density at radius 2 is 1.59 bits per heavy atom. The first-order valence-corrected chi connectivity index (χ1v) is 7.68. The summed E-state index contributed by atoms with van der Waals surface area (Å²) >= 11 is 0. The molecule has 0 atom stereocenters. The maximum absolute atomic E-state index is 9.10. The van der Waals surface area contributed by atoms with Gasteiger partial charge in [0, 0.05) is 12.6 Å². The number of aliphatic carboxylic acids is 2. The number of rotatable bonds is 4. The van der Waals surface area contributed by atoms with Gasteiger partial charge in [0.05, 0.1) is 0 Å². The topological polar surface area (TPSA) is 86.6 Å². The summed E-state index contributed by atoms with van der Waals surface area (Å²) in [5.41, 5.74) is 2.85. The molecule has 1 aliphatic rings. The van der Waals surface area contributed by atoms with E-state index in [1.165, 1.54) is 36.8 Å². The number of benzene rings is 1. The molecular formula is C17H25NO4. The summed E-state index contributed by atoms with van der Waals surface area (Å²) < 4.78 is 0. The Kier molecular flexibility index (Phi) is 7.60. The molecule has 1 aromatic carbocycles. The molecule has 0 aliphatic heterocycles. The summed E-state index contributed by atoms with van der Waals surface area (Å²) in [6.07, 6.45) is 5.54. The van der Waals surface area contributed by atoms with Crippen LogP contribution in [-0.4, -0.2) is 28.2 Å². The Hall–Kier alpha value is -1.88. The van der Waals surface area contributed by atoms with Crippen LogP contribution in [0, 0.1) is 0 Å². The average Bonchev–Trinajstić information content (AvgIpc) is 2.99. The van der Waals surface area contributed by atoms with Gasteiger partial charge in [0.1, 0.15) is 0 Å². The van der Waals surface area contributed by atoms with Gasteiger partial charge in [0.25, 0.3) is 0 Å². The molecule has 1 saturated carbocycles. The predicted octanol–water partition coefficient (Wildman–Crippen LogP) is 3.00. The molecular weight excluding hydrogens is 282 g/mol. The standard InChI is InChI=1S/C15H23N.C2H2O4/c1-12(2)14-9-7-13(8-10-14)11-16-15-5-3-4-6-15;3-1(4)2(5)6/h7-10,12,15-16H,3-6,11H2,1-2H3;(H,3,4)(H,5,6). The number of hydrogen-bond acceptors (Lipinski definition) is 3. The van der Waals surface area contributed by atoms with Crippen molar-refractivity contribution in [3.63, 3.8) is 0 Å². The Bertz CT molecular complexity index is 464. The lowest BCUT2D eigenvalue weighted by Gasteiger charge is -2.12. The highest BCUT2D eigenvalue weighted by Gasteiger charge is 2.13. The van der Waals surface area contributed by atoms with Crippen molar-refractivity contribution in [2.75, 3.05) is 0 Å². The third-order valence-electron chi connectivity index (χ3n) is 3.78. The van der Waals surface area contributed by atoms with Crippen molar-refractivity contribution in [2.45, 2.75) is 58.0 Å². The van der Waals surface area contributed by atoms with Crippen molar-refractivity contribution in [2.24, 2.45) is 0 Å². The van der Waals surface area contributed by atoms with Crippen LogP contribution in [0.3, 0.4) is 0 Å². The van der Waals surface area contributed by atoms with E-state index in [1.54, 1.807) is 0 Å². The highest BCUT2D eigenvalue weighted by molar-refractivity contribution is 6.27. The van der Waals surface area contributed by atoms with Gasteiger partial charge in [0.15, 0.2) is 0 Å². The van der Waals surface area contributed by atoms with Gasteiger partial charge in [-0.05, 0) is 29.9 Å². The van der Waals surface area contributed by atoms with Crippen LogP contribution in [0.4, 0.5) is 0 Å². The molecule has 0 spiro atoms. The molecule has 0 amide bonds. The average molecular weight is 307 g/mol. The van der Waals surface area contributed by atoms with E-state index in [0.717, 1.165) is 12.6 Å². The fourth-order valence-electron chi connectivity index (χ4n) is 2.41. The Morgan fingerprint density at radius 3 is 2.00 bits per heavy atom. The number of carboxylic acid groups (broad SMARTS) is 2. The van der Waals surface area contributed by atoms with Crippen molar-refractivity contribution in [3.8, 4) is 0 Å². The third-order valence-corrected chi connectivity index (χ3v) is 3.78. The summed E-state index contributed by atoms with van der Waals surface area (Å²) in [4.78, 5) is 18.2. The molecule has 5 nitrogen and oxygen atoms in total. The minimum absolute atomic E-state index is 0.636. The second-order valence-electron chi connectivity index (χ2n) is 5.87. The fourth-order valence-corrected chi connectivity index (χ4v) is 2.41. The van der Waals surface area contributed by atoms with Crippen molar-refractivity contribution >= 4 is 11.9 Å². The molecule has 5 heteroatoms. The second-order valence-corrected chi connectivity index (χ2v) is 5.87. The van der Waals surface area contributed by atoms with Crippen LogP contribution < -0.4 is 5.32 Å². The Labute approximate surface area is 131 Å². The summed E-state index contributed by atoms with van der Waals surface area (Å²) in [6.45, 7) is 5.51. The molecule has 0 radical (unpaired) electrons. The zero-order valence-corrected chi connectivity index (χ0v) is 13.2. The number of nitrogens with one attached hydrogen (secondary N) is 1. The van der Waals surface area contributed by atoms with E-state index in [-0.39, 0.29) is 0 Å². The van der Waals surface area contributed by atoms with E-state index >= 15 is 0 Å². The lowest BCUT2D eigenvalue weighted by Crippen LogP contribution is -2.25. The monoisotopic (exact) mass is 307 g/mol. The van der Waals surface area contributed by atoms with Crippen LogP contribution >= 0.6 is 0 Å². The highest BCUT2D eigenvalue weighted by Crippen LogP contribution is 2.19. The third kappa shape index (κ3) is 6.72. The smallest absolute Gasteiger partial charge is 0.414 e. The van der Waals surface area contributed by atoms with Crippen molar-refractivity contribution in [3.05, 3.63) is 35.4 Å². The minimum Gasteiger partial charge on any atom is -0.473 e. The van der Waals surface area contributed by atoms with Gasteiger partial charge in [0.2, 0.25) is 0 Å². The van der Waals surface area contributed by atoms with Crippen molar-refractivity contribution in [1.82, 2.24) is 5.32 Å². The lowest BCUT2D eigenvalue weighted by molar-refractivity contribution is -0.159. The first-order valence-electron chi connectivity index (χ1n) is 7.68. The molecule has 0 unspecified atom stereocenters. The van der Waals surface area contributed by atoms with E-state index in [2.05, 4.69) is 43.4 Å². The molecule has 1 aromatic rings. The summed E-state index contributed by atoms with van der Waals surface area (Å²) in [7, 11) is 0. The van der Waals surface area contributed by atoms with Gasteiger partial charge in [-0.3, -0.25) is 0 Å². The molecule has 1 fully saturated rings. The molecule has 0 bridgehead atoms. The summed E-state index contributed by atoms with van der Waals surface area (Å²) in [5, 5.41) is 18.4. The summed E-state index contributed by atoms with van der Waals surface area (Å²) in [6, 6.07) is 9.81. The minimum atomic E-state index is -1.82. The maximum Gasteiger partial charge on any atom is 0.414 e. The molecule has 0 aromatic heterocycles. The normalized spacial score (nSPS) is 14.5. The largest absolute Gasteiger partial charge is 0.473 e. The lowest BCUT2D eigenvalue weighted by atomic mass is 10.0. The molecule has 122 valence electrons. The van der Waals surface area contributed by atoms with E-state index in [1.807, 2.05) is 0 Å². The fraction of sp³-hybridized carbons (Fsp3) is 0.529. The van der Waals surface area contributed by atoms with Gasteiger partial charge in [-0.2, -0.15) is 0 Å². The zero-order chi connectivity index (χ0) is 16.5. The van der Waals surface area contributed by atoms with E-state index in [9.17, 15) is 0 Å². The first kappa shape index (κ1) is 18.2. The van der Waals surface area contributed by atoms with Crippen molar-refractivity contribution in [1.29, 1.82) is 0 Å².